The van der Waals surface area contributed by atoms with Crippen molar-refractivity contribution in [1.29, 1.82) is 0 Å². The van der Waals surface area contributed by atoms with Crippen LogP contribution in [0, 0.1) is 0 Å². The monoisotopic (exact) mass is 174 g/mol. The zero-order valence-electron chi connectivity index (χ0n) is 7.32. The summed E-state index contributed by atoms with van der Waals surface area (Å²) in [5.74, 6) is -0.525. The van der Waals surface area contributed by atoms with Gasteiger partial charge in [-0.15, -0.1) is 0 Å². The second-order valence-corrected chi connectivity index (χ2v) is 3.74. The second-order valence-electron chi connectivity index (χ2n) is 3.74. The molecule has 0 saturated carbocycles. The highest BCUT2D eigenvalue weighted by molar-refractivity contribution is 4.84. The summed E-state index contributed by atoms with van der Waals surface area (Å²) < 4.78 is 16.1. The Hall–Kier alpha value is -0.160. The van der Waals surface area contributed by atoms with Crippen molar-refractivity contribution < 1.29 is 19.3 Å². The van der Waals surface area contributed by atoms with Gasteiger partial charge in [-0.25, -0.2) is 0 Å². The SMILES string of the molecule is CC1(C)O[C@@H]2COC(O)C[C@H]2O1. The van der Waals surface area contributed by atoms with Crippen molar-refractivity contribution in [2.75, 3.05) is 6.61 Å². The molecule has 2 aliphatic rings. The second kappa shape index (κ2) is 2.67. The Morgan fingerprint density at radius 1 is 1.25 bits per heavy atom. The summed E-state index contributed by atoms with van der Waals surface area (Å²) in [5, 5.41) is 9.17. The van der Waals surface area contributed by atoms with Crippen LogP contribution < -0.4 is 0 Å². The van der Waals surface area contributed by atoms with Crippen molar-refractivity contribution in [3.8, 4) is 0 Å². The van der Waals surface area contributed by atoms with Crippen molar-refractivity contribution in [2.45, 2.75) is 44.6 Å². The average Bonchev–Trinajstić information content (AvgIpc) is 2.21. The number of hydrogen-bond acceptors (Lipinski definition) is 4. The number of aliphatic hydroxyl groups excluding tert-OH is 1. The molecule has 2 heterocycles. The van der Waals surface area contributed by atoms with Gasteiger partial charge in [0.25, 0.3) is 0 Å². The lowest BCUT2D eigenvalue weighted by atomic mass is 10.1. The van der Waals surface area contributed by atoms with Crippen LogP contribution in [0.2, 0.25) is 0 Å². The molecule has 1 unspecified atom stereocenters. The summed E-state index contributed by atoms with van der Waals surface area (Å²) in [5.41, 5.74) is 0. The van der Waals surface area contributed by atoms with E-state index in [1.807, 2.05) is 13.8 Å². The van der Waals surface area contributed by atoms with E-state index in [4.69, 9.17) is 19.3 Å². The lowest BCUT2D eigenvalue weighted by molar-refractivity contribution is -0.167. The van der Waals surface area contributed by atoms with Crippen molar-refractivity contribution in [3.63, 3.8) is 0 Å². The van der Waals surface area contributed by atoms with Crippen molar-refractivity contribution in [1.82, 2.24) is 0 Å². The first-order valence-corrected chi connectivity index (χ1v) is 4.22. The maximum absolute atomic E-state index is 9.17. The molecular formula is C8H14O4. The minimum atomic E-state index is -0.691. The quantitative estimate of drug-likeness (QED) is 0.571. The predicted octanol–water partition coefficient (Wildman–Crippen LogP) is 0.245. The number of fused-ring (bicyclic) bond motifs is 1. The van der Waals surface area contributed by atoms with Gasteiger partial charge in [-0.1, -0.05) is 0 Å². The molecule has 3 atom stereocenters. The van der Waals surface area contributed by atoms with E-state index in [2.05, 4.69) is 0 Å². The van der Waals surface area contributed by atoms with Gasteiger partial charge >= 0.3 is 0 Å². The molecule has 0 aromatic heterocycles. The molecule has 4 heteroatoms. The highest BCUT2D eigenvalue weighted by atomic mass is 16.8. The maximum Gasteiger partial charge on any atom is 0.163 e. The van der Waals surface area contributed by atoms with Crippen LogP contribution in [0.15, 0.2) is 0 Å². The molecule has 12 heavy (non-hydrogen) atoms. The van der Waals surface area contributed by atoms with Gasteiger partial charge in [0.1, 0.15) is 6.10 Å². The van der Waals surface area contributed by atoms with E-state index in [1.54, 1.807) is 0 Å². The van der Waals surface area contributed by atoms with E-state index in [0.717, 1.165) is 0 Å². The third-order valence-corrected chi connectivity index (χ3v) is 2.17. The summed E-state index contributed by atoms with van der Waals surface area (Å²) >= 11 is 0. The Labute approximate surface area is 71.4 Å². The Balaban J connectivity index is 2.02. The van der Waals surface area contributed by atoms with Crippen molar-refractivity contribution in [2.24, 2.45) is 0 Å². The Bertz CT molecular complexity index is 180. The predicted molar refractivity (Wildman–Crippen MR) is 40.4 cm³/mol. The highest BCUT2D eigenvalue weighted by Crippen LogP contribution is 2.33. The summed E-state index contributed by atoms with van der Waals surface area (Å²) in [4.78, 5) is 0. The molecule has 2 rings (SSSR count). The maximum atomic E-state index is 9.17. The summed E-state index contributed by atoms with van der Waals surface area (Å²) in [7, 11) is 0. The molecule has 2 saturated heterocycles. The smallest absolute Gasteiger partial charge is 0.163 e. The summed E-state index contributed by atoms with van der Waals surface area (Å²) in [6.45, 7) is 4.17. The van der Waals surface area contributed by atoms with Crippen molar-refractivity contribution >= 4 is 0 Å². The number of ether oxygens (including phenoxy) is 3. The first-order valence-electron chi connectivity index (χ1n) is 4.22. The van der Waals surface area contributed by atoms with Gasteiger partial charge in [-0.3, -0.25) is 0 Å². The van der Waals surface area contributed by atoms with E-state index in [0.29, 0.717) is 13.0 Å². The fourth-order valence-electron chi connectivity index (χ4n) is 1.72. The molecular weight excluding hydrogens is 160 g/mol. The van der Waals surface area contributed by atoms with E-state index >= 15 is 0 Å². The van der Waals surface area contributed by atoms with Crippen LogP contribution in [0.1, 0.15) is 20.3 Å². The third kappa shape index (κ3) is 1.47. The van der Waals surface area contributed by atoms with Crippen LogP contribution in [-0.2, 0) is 14.2 Å². The topological polar surface area (TPSA) is 47.9 Å². The van der Waals surface area contributed by atoms with Gasteiger partial charge in [0.2, 0.25) is 0 Å². The lowest BCUT2D eigenvalue weighted by Crippen LogP contribution is -2.39. The molecule has 0 amide bonds. The first kappa shape index (κ1) is 8.44. The first-order chi connectivity index (χ1) is 5.57. The zero-order chi connectivity index (χ0) is 8.77. The fraction of sp³-hybridized carbons (Fsp3) is 1.00. The molecule has 0 aromatic rings. The standard InChI is InChI=1S/C8H14O4/c1-8(2)11-5-3-7(9)10-4-6(5)12-8/h5-7,9H,3-4H2,1-2H3/t5-,6-,7?/m1/s1. The van der Waals surface area contributed by atoms with Crippen LogP contribution in [-0.4, -0.2) is 36.0 Å². The molecule has 1 N–H and O–H groups in total. The number of rotatable bonds is 0. The third-order valence-electron chi connectivity index (χ3n) is 2.17. The Kier molecular flexibility index (Phi) is 1.88. The van der Waals surface area contributed by atoms with Gasteiger partial charge in [0.15, 0.2) is 12.1 Å². The summed E-state index contributed by atoms with van der Waals surface area (Å²) in [6.07, 6.45) is -0.204. The van der Waals surface area contributed by atoms with Crippen LogP contribution in [0.25, 0.3) is 0 Å². The molecule has 2 fully saturated rings. The molecule has 0 bridgehead atoms. The zero-order valence-corrected chi connectivity index (χ0v) is 7.32. The van der Waals surface area contributed by atoms with Crippen molar-refractivity contribution in [3.05, 3.63) is 0 Å². The van der Waals surface area contributed by atoms with Gasteiger partial charge in [0.05, 0.1) is 12.7 Å². The van der Waals surface area contributed by atoms with E-state index in [-0.39, 0.29) is 12.2 Å². The van der Waals surface area contributed by atoms with Crippen LogP contribution in [0.4, 0.5) is 0 Å². The summed E-state index contributed by atoms with van der Waals surface area (Å²) in [6, 6.07) is 0. The van der Waals surface area contributed by atoms with E-state index in [9.17, 15) is 0 Å². The largest absolute Gasteiger partial charge is 0.368 e. The number of hydrogen-bond donors (Lipinski definition) is 1. The van der Waals surface area contributed by atoms with Crippen LogP contribution >= 0.6 is 0 Å². The van der Waals surface area contributed by atoms with E-state index < -0.39 is 12.1 Å². The number of aliphatic hydroxyl groups is 1. The average molecular weight is 174 g/mol. The molecule has 0 aromatic carbocycles. The van der Waals surface area contributed by atoms with Gasteiger partial charge < -0.3 is 19.3 Å². The van der Waals surface area contributed by atoms with E-state index in [1.165, 1.54) is 0 Å². The minimum absolute atomic E-state index is 0.0104. The van der Waals surface area contributed by atoms with Crippen LogP contribution in [0.3, 0.4) is 0 Å². The normalized spacial score (nSPS) is 45.8. The Morgan fingerprint density at radius 2 is 1.92 bits per heavy atom. The molecule has 0 radical (unpaired) electrons. The van der Waals surface area contributed by atoms with Gasteiger partial charge in [-0.05, 0) is 13.8 Å². The molecule has 70 valence electrons. The lowest BCUT2D eigenvalue weighted by Gasteiger charge is -2.26. The van der Waals surface area contributed by atoms with Gasteiger partial charge in [-0.2, -0.15) is 0 Å². The van der Waals surface area contributed by atoms with Crippen LogP contribution in [0.5, 0.6) is 0 Å². The minimum Gasteiger partial charge on any atom is -0.368 e. The molecule has 0 aliphatic carbocycles. The molecule has 0 spiro atoms. The Morgan fingerprint density at radius 3 is 2.67 bits per heavy atom. The van der Waals surface area contributed by atoms with Gasteiger partial charge in [0, 0.05) is 6.42 Å². The highest BCUT2D eigenvalue weighted by Gasteiger charge is 2.44. The molecule has 4 nitrogen and oxygen atoms in total. The fourth-order valence-corrected chi connectivity index (χ4v) is 1.72. The molecule has 2 aliphatic heterocycles.